The quantitative estimate of drug-likeness (QED) is 0.629. The molecule has 0 aromatic heterocycles. The number of amides is 3. The van der Waals surface area contributed by atoms with Crippen LogP contribution in [0.15, 0.2) is 24.3 Å². The van der Waals surface area contributed by atoms with Gasteiger partial charge in [-0.1, -0.05) is 23.7 Å². The van der Waals surface area contributed by atoms with E-state index in [1.807, 2.05) is 34.1 Å². The normalized spacial score (nSPS) is 28.0. The van der Waals surface area contributed by atoms with Gasteiger partial charge < -0.3 is 10.0 Å². The van der Waals surface area contributed by atoms with Crippen LogP contribution in [-0.4, -0.2) is 99.4 Å². The van der Waals surface area contributed by atoms with E-state index in [2.05, 4.69) is 4.90 Å². The number of piperazine rings is 1. The third kappa shape index (κ3) is 3.73. The Hall–Kier alpha value is -2.00. The van der Waals surface area contributed by atoms with E-state index in [0.717, 1.165) is 18.5 Å². The molecule has 8 nitrogen and oxygen atoms in total. The lowest BCUT2D eigenvalue weighted by Crippen LogP contribution is -2.81. The van der Waals surface area contributed by atoms with Crippen LogP contribution in [0.25, 0.3) is 0 Å². The van der Waals surface area contributed by atoms with Crippen molar-refractivity contribution in [1.82, 2.24) is 19.6 Å². The summed E-state index contributed by atoms with van der Waals surface area (Å²) in [4.78, 5) is 45.9. The molecule has 0 bridgehead atoms. The van der Waals surface area contributed by atoms with Crippen LogP contribution in [0.1, 0.15) is 31.2 Å². The number of aliphatic hydroxyl groups excluding tert-OH is 1. The summed E-state index contributed by atoms with van der Waals surface area (Å²) < 4.78 is 0. The molecule has 1 aromatic carbocycles. The van der Waals surface area contributed by atoms with Crippen molar-refractivity contribution in [2.75, 3.05) is 39.3 Å². The highest BCUT2D eigenvalue weighted by Crippen LogP contribution is 2.41. The highest BCUT2D eigenvalue weighted by Gasteiger charge is 2.64. The predicted octanol–water partition coefficient (Wildman–Crippen LogP) is 0.711. The highest BCUT2D eigenvalue weighted by molar-refractivity contribution is 6.30. The summed E-state index contributed by atoms with van der Waals surface area (Å²) in [6.07, 6.45) is 1.82. The van der Waals surface area contributed by atoms with Gasteiger partial charge in [-0.05, 0) is 37.0 Å². The van der Waals surface area contributed by atoms with Crippen molar-refractivity contribution in [3.63, 3.8) is 0 Å². The Bertz CT molecular complexity index is 917. The predicted molar refractivity (Wildman–Crippen MR) is 118 cm³/mol. The van der Waals surface area contributed by atoms with Crippen LogP contribution in [0.5, 0.6) is 0 Å². The molecule has 2 atom stereocenters. The Morgan fingerprint density at radius 2 is 1.84 bits per heavy atom. The van der Waals surface area contributed by atoms with Crippen molar-refractivity contribution in [1.29, 1.82) is 0 Å². The number of β-amino-alcohol motifs (C(OH)–C–C–N with tert-alkyl or cyclic N) is 1. The third-order valence-corrected chi connectivity index (χ3v) is 7.55. The molecule has 0 aliphatic carbocycles. The minimum atomic E-state index is -0.758. The zero-order valence-corrected chi connectivity index (χ0v) is 18.8. The van der Waals surface area contributed by atoms with Crippen molar-refractivity contribution in [3.8, 4) is 0 Å². The summed E-state index contributed by atoms with van der Waals surface area (Å²) >= 11 is 5.98. The maximum atomic E-state index is 13.6. The smallest absolute Gasteiger partial charge is 0.252 e. The zero-order valence-electron chi connectivity index (χ0n) is 18.1. The molecule has 0 saturated carbocycles. The molecule has 4 heterocycles. The van der Waals surface area contributed by atoms with Gasteiger partial charge in [-0.2, -0.15) is 0 Å². The lowest BCUT2D eigenvalue weighted by Gasteiger charge is -2.58. The van der Waals surface area contributed by atoms with Crippen LogP contribution in [0.3, 0.4) is 0 Å². The fourth-order valence-corrected chi connectivity index (χ4v) is 5.84. The van der Waals surface area contributed by atoms with E-state index in [0.29, 0.717) is 63.6 Å². The molecule has 172 valence electrons. The second kappa shape index (κ2) is 8.41. The van der Waals surface area contributed by atoms with Crippen molar-refractivity contribution in [2.24, 2.45) is 0 Å². The van der Waals surface area contributed by atoms with Gasteiger partial charge in [-0.15, -0.1) is 0 Å². The van der Waals surface area contributed by atoms with Crippen LogP contribution in [0, 0.1) is 0 Å². The summed E-state index contributed by atoms with van der Waals surface area (Å²) in [7, 11) is 0. The van der Waals surface area contributed by atoms with E-state index < -0.39 is 17.7 Å². The topological polar surface area (TPSA) is 84.4 Å². The molecule has 32 heavy (non-hydrogen) atoms. The van der Waals surface area contributed by atoms with Gasteiger partial charge in [0.15, 0.2) is 0 Å². The highest BCUT2D eigenvalue weighted by atomic mass is 35.5. The average Bonchev–Trinajstić information content (AvgIpc) is 3.33. The number of carbonyl (C=O) groups is 3. The van der Waals surface area contributed by atoms with Crippen LogP contribution >= 0.6 is 11.6 Å². The maximum Gasteiger partial charge on any atom is 0.252 e. The number of benzene rings is 1. The number of hydrogen-bond donors (Lipinski definition) is 1. The largest absolute Gasteiger partial charge is 0.392 e. The first-order valence-electron chi connectivity index (χ1n) is 11.4. The molecule has 3 amide bonds. The molecule has 9 heteroatoms. The maximum absolute atomic E-state index is 13.6. The Labute approximate surface area is 192 Å². The minimum Gasteiger partial charge on any atom is -0.392 e. The summed E-state index contributed by atoms with van der Waals surface area (Å²) in [5.41, 5.74) is 0.361. The van der Waals surface area contributed by atoms with Crippen LogP contribution in [0.4, 0.5) is 0 Å². The number of imide groups is 1. The van der Waals surface area contributed by atoms with E-state index in [1.165, 1.54) is 4.90 Å². The second-order valence-electron chi connectivity index (χ2n) is 9.49. The van der Waals surface area contributed by atoms with E-state index in [9.17, 15) is 19.5 Å². The van der Waals surface area contributed by atoms with Gasteiger partial charge in [0, 0.05) is 57.3 Å². The zero-order chi connectivity index (χ0) is 22.5. The van der Waals surface area contributed by atoms with E-state index in [4.69, 9.17) is 11.6 Å². The van der Waals surface area contributed by atoms with Gasteiger partial charge in [0.05, 0.1) is 12.1 Å². The van der Waals surface area contributed by atoms with Crippen LogP contribution in [0.2, 0.25) is 5.02 Å². The van der Waals surface area contributed by atoms with E-state index >= 15 is 0 Å². The molecular formula is C23H29ClN4O4. The Kier molecular flexibility index (Phi) is 5.73. The molecule has 0 unspecified atom stereocenters. The summed E-state index contributed by atoms with van der Waals surface area (Å²) in [6, 6.07) is 7.23. The van der Waals surface area contributed by atoms with Gasteiger partial charge in [0.2, 0.25) is 11.8 Å². The number of aliphatic hydroxyl groups is 1. The van der Waals surface area contributed by atoms with Gasteiger partial charge in [0.1, 0.15) is 5.54 Å². The molecule has 1 spiro atoms. The molecule has 1 N–H and O–H groups in total. The fraction of sp³-hybridized carbons (Fsp3) is 0.609. The molecular weight excluding hydrogens is 432 g/mol. The Morgan fingerprint density at radius 1 is 1.09 bits per heavy atom. The second-order valence-corrected chi connectivity index (χ2v) is 9.93. The number of likely N-dealkylation sites (tertiary alicyclic amines) is 2. The molecule has 4 aliphatic rings. The monoisotopic (exact) mass is 460 g/mol. The molecule has 5 rings (SSSR count). The lowest BCUT2D eigenvalue weighted by molar-refractivity contribution is -0.180. The first kappa shape index (κ1) is 21.8. The Balaban J connectivity index is 1.28. The third-order valence-electron chi connectivity index (χ3n) is 7.29. The first-order valence-corrected chi connectivity index (χ1v) is 11.8. The lowest BCUT2D eigenvalue weighted by atomic mass is 9.82. The standard InChI is InChI=1S/C23H29ClN4O4/c24-17-6-4-16(5-7-17)12-25-14-23(15-25)22(32)27(10-2-9-26-8-1-3-20(26)30)21(31)19-11-18(29)13-28(19)23/h4-7,18-19,29H,1-3,8-15H2/t18-,19+/m1/s1. The number of rotatable bonds is 6. The molecule has 0 radical (unpaired) electrons. The summed E-state index contributed by atoms with van der Waals surface area (Å²) in [5.74, 6) is -0.214. The SMILES string of the molecule is O=C1CCCN1CCCN1C(=O)[C@@H]2C[C@@H](O)CN2C2(CN(Cc3ccc(Cl)cc3)C2)C1=O. The van der Waals surface area contributed by atoms with Crippen molar-refractivity contribution >= 4 is 29.3 Å². The fourth-order valence-electron chi connectivity index (χ4n) is 5.72. The molecule has 4 aliphatic heterocycles. The number of halogens is 1. The van der Waals surface area contributed by atoms with Gasteiger partial charge >= 0.3 is 0 Å². The number of carbonyl (C=O) groups excluding carboxylic acids is 3. The van der Waals surface area contributed by atoms with Gasteiger partial charge in [0.25, 0.3) is 5.91 Å². The number of hydrogen-bond acceptors (Lipinski definition) is 6. The number of nitrogens with zero attached hydrogens (tertiary/aromatic N) is 4. The van der Waals surface area contributed by atoms with Crippen molar-refractivity contribution < 1.29 is 19.5 Å². The van der Waals surface area contributed by atoms with E-state index in [-0.39, 0.29) is 17.7 Å². The van der Waals surface area contributed by atoms with E-state index in [1.54, 1.807) is 0 Å². The molecule has 4 saturated heterocycles. The van der Waals surface area contributed by atoms with Crippen molar-refractivity contribution in [3.05, 3.63) is 34.9 Å². The van der Waals surface area contributed by atoms with Crippen LogP contribution < -0.4 is 0 Å². The summed E-state index contributed by atoms with van der Waals surface area (Å²) in [5, 5.41) is 11.0. The summed E-state index contributed by atoms with van der Waals surface area (Å²) in [6.45, 7) is 3.78. The molecule has 1 aromatic rings. The van der Waals surface area contributed by atoms with Crippen molar-refractivity contribution in [2.45, 2.75) is 49.9 Å². The number of fused-ring (bicyclic) bond motifs is 2. The first-order chi connectivity index (χ1) is 15.4. The minimum absolute atomic E-state index is 0.152. The van der Waals surface area contributed by atoms with Gasteiger partial charge in [-0.25, -0.2) is 0 Å². The van der Waals surface area contributed by atoms with Crippen LogP contribution in [-0.2, 0) is 20.9 Å². The van der Waals surface area contributed by atoms with Gasteiger partial charge in [-0.3, -0.25) is 29.1 Å². The average molecular weight is 461 g/mol. The Morgan fingerprint density at radius 3 is 2.53 bits per heavy atom. The molecule has 4 fully saturated rings.